The highest BCUT2D eigenvalue weighted by Crippen LogP contribution is 2.21. The number of benzene rings is 2. The lowest BCUT2D eigenvalue weighted by Crippen LogP contribution is -2.41. The van der Waals surface area contributed by atoms with Crippen molar-refractivity contribution >= 4 is 21.8 Å². The third-order valence-electron chi connectivity index (χ3n) is 3.18. The number of amides is 2. The molecule has 25 heavy (non-hydrogen) atoms. The third-order valence-corrected chi connectivity index (χ3v) is 4.09. The number of phenolic OH excluding ortho intramolecular Hbond substituents is 1. The molecule has 0 unspecified atom stereocenters. The molecule has 2 amide bonds. The van der Waals surface area contributed by atoms with Crippen LogP contribution in [0.3, 0.4) is 0 Å². The van der Waals surface area contributed by atoms with Gasteiger partial charge in [-0.15, -0.1) is 0 Å². The Balaban J connectivity index is 2.20. The van der Waals surface area contributed by atoms with Gasteiger partial charge >= 0.3 is 0 Å². The van der Waals surface area contributed by atoms with E-state index in [1.165, 1.54) is 43.5 Å². The zero-order valence-electron chi connectivity index (χ0n) is 13.0. The number of para-hydroxylation sites is 1. The predicted molar refractivity (Wildman–Crippen MR) is 87.4 cm³/mol. The van der Waals surface area contributed by atoms with Gasteiger partial charge in [-0.25, -0.2) is 13.6 Å². The Hall–Kier alpha value is -3.11. The van der Waals surface area contributed by atoms with E-state index in [1.54, 1.807) is 0 Å². The van der Waals surface area contributed by atoms with Gasteiger partial charge in [0.05, 0.1) is 23.1 Å². The molecule has 0 heterocycles. The predicted octanol–water partition coefficient (Wildman–Crippen LogP) is 0.123. The van der Waals surface area contributed by atoms with E-state index in [9.17, 15) is 23.1 Å². The summed E-state index contributed by atoms with van der Waals surface area (Å²) in [5.74, 6) is -1.76. The van der Waals surface area contributed by atoms with E-state index in [-0.39, 0.29) is 27.5 Å². The van der Waals surface area contributed by atoms with Gasteiger partial charge in [0.2, 0.25) is 10.0 Å². The Bertz CT molecular complexity index is 927. The smallest absolute Gasteiger partial charge is 0.273 e. The van der Waals surface area contributed by atoms with Crippen LogP contribution in [0.2, 0.25) is 0 Å². The van der Waals surface area contributed by atoms with Crippen molar-refractivity contribution in [1.29, 1.82) is 0 Å². The minimum Gasteiger partial charge on any atom is -0.507 e. The van der Waals surface area contributed by atoms with Gasteiger partial charge in [-0.3, -0.25) is 20.4 Å². The van der Waals surface area contributed by atoms with Crippen molar-refractivity contribution < 1.29 is 27.9 Å². The molecule has 0 bridgehead atoms. The highest BCUT2D eigenvalue weighted by atomic mass is 32.2. The summed E-state index contributed by atoms with van der Waals surface area (Å²) < 4.78 is 27.8. The zero-order chi connectivity index (χ0) is 18.6. The van der Waals surface area contributed by atoms with Crippen molar-refractivity contribution in [3.05, 3.63) is 53.6 Å². The second kappa shape index (κ2) is 7.20. The van der Waals surface area contributed by atoms with Gasteiger partial charge in [-0.2, -0.15) is 0 Å². The van der Waals surface area contributed by atoms with Crippen LogP contribution in [0.25, 0.3) is 0 Å². The van der Waals surface area contributed by atoms with Crippen molar-refractivity contribution in [2.75, 3.05) is 7.11 Å². The van der Waals surface area contributed by atoms with Crippen LogP contribution < -0.4 is 20.7 Å². The summed E-state index contributed by atoms with van der Waals surface area (Å²) in [5.41, 5.74) is 4.03. The van der Waals surface area contributed by atoms with E-state index in [0.717, 1.165) is 6.07 Å². The van der Waals surface area contributed by atoms with Crippen LogP contribution in [-0.2, 0) is 10.0 Å². The first kappa shape index (κ1) is 18.2. The summed E-state index contributed by atoms with van der Waals surface area (Å²) in [5, 5.41) is 14.6. The van der Waals surface area contributed by atoms with Gasteiger partial charge in [-0.05, 0) is 30.3 Å². The number of methoxy groups -OCH3 is 1. The van der Waals surface area contributed by atoms with Gasteiger partial charge in [0.25, 0.3) is 11.8 Å². The molecule has 0 atom stereocenters. The van der Waals surface area contributed by atoms with Gasteiger partial charge in [-0.1, -0.05) is 12.1 Å². The molecule has 10 heteroatoms. The topological polar surface area (TPSA) is 148 Å². The van der Waals surface area contributed by atoms with Crippen molar-refractivity contribution in [3.8, 4) is 11.5 Å². The normalized spacial score (nSPS) is 10.8. The van der Waals surface area contributed by atoms with Crippen molar-refractivity contribution in [3.63, 3.8) is 0 Å². The fraction of sp³-hybridized carbons (Fsp3) is 0.0667. The number of carbonyl (C=O) groups is 2. The van der Waals surface area contributed by atoms with E-state index in [1.807, 2.05) is 0 Å². The summed E-state index contributed by atoms with van der Waals surface area (Å²) in [4.78, 5) is 23.9. The molecule has 2 rings (SSSR count). The minimum atomic E-state index is -4.02. The van der Waals surface area contributed by atoms with E-state index in [0.29, 0.717) is 0 Å². The van der Waals surface area contributed by atoms with E-state index in [4.69, 9.17) is 9.88 Å². The number of ether oxygens (including phenoxy) is 1. The molecule has 9 nitrogen and oxygen atoms in total. The molecule has 0 spiro atoms. The lowest BCUT2D eigenvalue weighted by atomic mass is 10.2. The Kier molecular flexibility index (Phi) is 5.25. The number of hydrazine groups is 1. The number of carbonyl (C=O) groups excluding carboxylic acids is 2. The number of nitrogens with two attached hydrogens (primary N) is 1. The standard InChI is InChI=1S/C15H15N3O6S/c1-24-13-7-6-9(25(16,22)23)8-11(13)15(21)18-17-14(20)10-4-2-3-5-12(10)19/h2-8,19H,1H3,(H,17,20)(H,18,21)(H2,16,22,23). The molecule has 0 aliphatic heterocycles. The maximum absolute atomic E-state index is 12.2. The second-order valence-electron chi connectivity index (χ2n) is 4.83. The average molecular weight is 365 g/mol. The average Bonchev–Trinajstić information content (AvgIpc) is 2.58. The fourth-order valence-corrected chi connectivity index (χ4v) is 2.50. The number of nitrogens with one attached hydrogen (secondary N) is 2. The molecule has 0 radical (unpaired) electrons. The molecule has 0 aliphatic rings. The number of primary sulfonamides is 1. The van der Waals surface area contributed by atoms with Crippen LogP contribution in [0, 0.1) is 0 Å². The molecule has 132 valence electrons. The van der Waals surface area contributed by atoms with E-state index >= 15 is 0 Å². The molecule has 0 fully saturated rings. The fourth-order valence-electron chi connectivity index (χ4n) is 1.96. The molecular weight excluding hydrogens is 350 g/mol. The van der Waals surface area contributed by atoms with Crippen molar-refractivity contribution in [2.45, 2.75) is 4.90 Å². The molecular formula is C15H15N3O6S. The van der Waals surface area contributed by atoms with Crippen molar-refractivity contribution in [2.24, 2.45) is 5.14 Å². The van der Waals surface area contributed by atoms with Crippen LogP contribution in [0.1, 0.15) is 20.7 Å². The number of aromatic hydroxyl groups is 1. The first-order valence-corrected chi connectivity index (χ1v) is 8.38. The lowest BCUT2D eigenvalue weighted by molar-refractivity contribution is 0.0843. The van der Waals surface area contributed by atoms with E-state index < -0.39 is 21.8 Å². The number of rotatable bonds is 4. The summed E-state index contributed by atoms with van der Waals surface area (Å²) in [6.45, 7) is 0. The zero-order valence-corrected chi connectivity index (χ0v) is 13.8. The van der Waals surface area contributed by atoms with Crippen LogP contribution in [0.5, 0.6) is 11.5 Å². The lowest BCUT2D eigenvalue weighted by Gasteiger charge is -2.12. The van der Waals surface area contributed by atoms with Crippen LogP contribution in [0.4, 0.5) is 0 Å². The number of hydrogen-bond acceptors (Lipinski definition) is 6. The maximum atomic E-state index is 12.2. The second-order valence-corrected chi connectivity index (χ2v) is 6.39. The van der Waals surface area contributed by atoms with Gasteiger partial charge in [0.1, 0.15) is 11.5 Å². The number of phenols is 1. The minimum absolute atomic E-state index is 0.0481. The maximum Gasteiger partial charge on any atom is 0.273 e. The Labute approximate surface area is 143 Å². The van der Waals surface area contributed by atoms with Crippen LogP contribution in [0.15, 0.2) is 47.4 Å². The van der Waals surface area contributed by atoms with Crippen LogP contribution >= 0.6 is 0 Å². The third kappa shape index (κ3) is 4.25. The largest absolute Gasteiger partial charge is 0.507 e. The molecule has 0 saturated heterocycles. The van der Waals surface area contributed by atoms with Gasteiger partial charge < -0.3 is 9.84 Å². The number of sulfonamides is 1. The first-order chi connectivity index (χ1) is 11.7. The molecule has 2 aromatic rings. The number of hydrogen-bond donors (Lipinski definition) is 4. The molecule has 5 N–H and O–H groups in total. The Morgan fingerprint density at radius 2 is 1.64 bits per heavy atom. The monoisotopic (exact) mass is 365 g/mol. The Morgan fingerprint density at radius 1 is 1.04 bits per heavy atom. The summed E-state index contributed by atoms with van der Waals surface area (Å²) >= 11 is 0. The quantitative estimate of drug-likeness (QED) is 0.566. The first-order valence-electron chi connectivity index (χ1n) is 6.83. The highest BCUT2D eigenvalue weighted by Gasteiger charge is 2.18. The summed E-state index contributed by atoms with van der Waals surface area (Å²) in [7, 11) is -2.72. The molecule has 0 aromatic heterocycles. The molecule has 0 saturated carbocycles. The van der Waals surface area contributed by atoms with Gasteiger partial charge in [0.15, 0.2) is 0 Å². The van der Waals surface area contributed by atoms with Crippen LogP contribution in [-0.4, -0.2) is 32.4 Å². The Morgan fingerprint density at radius 3 is 2.20 bits per heavy atom. The van der Waals surface area contributed by atoms with Gasteiger partial charge in [0, 0.05) is 0 Å². The van der Waals surface area contributed by atoms with Crippen molar-refractivity contribution in [1.82, 2.24) is 10.9 Å². The summed E-state index contributed by atoms with van der Waals surface area (Å²) in [6.07, 6.45) is 0. The molecule has 2 aromatic carbocycles. The summed E-state index contributed by atoms with van der Waals surface area (Å²) in [6, 6.07) is 9.22. The molecule has 0 aliphatic carbocycles. The SMILES string of the molecule is COc1ccc(S(N)(=O)=O)cc1C(=O)NNC(=O)c1ccccc1O. The highest BCUT2D eigenvalue weighted by molar-refractivity contribution is 7.89. The van der Waals surface area contributed by atoms with E-state index in [2.05, 4.69) is 10.9 Å².